The SMILES string of the molecule is COCCOC(=O)C1CN(c2ccc(C#N)c3nccnc23)CC(F)(F)C1. The summed E-state index contributed by atoms with van der Waals surface area (Å²) in [4.78, 5) is 22.0. The van der Waals surface area contributed by atoms with E-state index in [4.69, 9.17) is 9.47 Å². The number of benzene rings is 1. The number of nitriles is 1. The number of fused-ring (bicyclic) bond motifs is 1. The van der Waals surface area contributed by atoms with Gasteiger partial charge >= 0.3 is 5.97 Å². The van der Waals surface area contributed by atoms with Crippen LogP contribution >= 0.6 is 0 Å². The van der Waals surface area contributed by atoms with E-state index in [1.165, 1.54) is 30.5 Å². The van der Waals surface area contributed by atoms with Gasteiger partial charge in [-0.25, -0.2) is 8.78 Å². The van der Waals surface area contributed by atoms with Crippen LogP contribution in [0.5, 0.6) is 0 Å². The quantitative estimate of drug-likeness (QED) is 0.584. The number of nitrogens with zero attached hydrogens (tertiary/aromatic N) is 4. The molecule has 1 unspecified atom stereocenters. The van der Waals surface area contributed by atoms with E-state index < -0.39 is 30.8 Å². The molecule has 3 rings (SSSR count). The highest BCUT2D eigenvalue weighted by Crippen LogP contribution is 2.36. The molecule has 1 aliphatic heterocycles. The van der Waals surface area contributed by atoms with Gasteiger partial charge in [0.05, 0.1) is 30.3 Å². The van der Waals surface area contributed by atoms with Crippen molar-refractivity contribution in [3.8, 4) is 6.07 Å². The number of halogens is 2. The summed E-state index contributed by atoms with van der Waals surface area (Å²) in [5.41, 5.74) is 1.40. The summed E-state index contributed by atoms with van der Waals surface area (Å²) in [6.45, 7) is -0.261. The molecule has 7 nitrogen and oxygen atoms in total. The third-order valence-electron chi connectivity index (χ3n) is 4.34. The van der Waals surface area contributed by atoms with E-state index in [1.807, 2.05) is 6.07 Å². The van der Waals surface area contributed by atoms with E-state index >= 15 is 0 Å². The first-order chi connectivity index (χ1) is 12.9. The van der Waals surface area contributed by atoms with Crippen LogP contribution in [0, 0.1) is 17.2 Å². The molecular weight excluding hydrogens is 358 g/mol. The average molecular weight is 376 g/mol. The van der Waals surface area contributed by atoms with E-state index in [0.29, 0.717) is 22.3 Å². The van der Waals surface area contributed by atoms with Crippen LogP contribution in [-0.4, -0.2) is 55.3 Å². The molecule has 1 aromatic carbocycles. The molecule has 0 N–H and O–H groups in total. The molecular formula is C18H18F2N4O3. The Bertz CT molecular complexity index is 885. The monoisotopic (exact) mass is 376 g/mol. The topological polar surface area (TPSA) is 88.3 Å². The Morgan fingerprint density at radius 3 is 2.78 bits per heavy atom. The summed E-state index contributed by atoms with van der Waals surface area (Å²) in [5, 5.41) is 9.21. The van der Waals surface area contributed by atoms with Gasteiger partial charge in [0.2, 0.25) is 0 Å². The number of esters is 1. The third-order valence-corrected chi connectivity index (χ3v) is 4.34. The van der Waals surface area contributed by atoms with Crippen LogP contribution < -0.4 is 4.90 Å². The number of methoxy groups -OCH3 is 1. The summed E-state index contributed by atoms with van der Waals surface area (Å²) >= 11 is 0. The largest absolute Gasteiger partial charge is 0.463 e. The molecule has 0 radical (unpaired) electrons. The van der Waals surface area contributed by atoms with Gasteiger partial charge in [-0.2, -0.15) is 5.26 Å². The summed E-state index contributed by atoms with van der Waals surface area (Å²) in [7, 11) is 1.46. The molecule has 0 bridgehead atoms. The van der Waals surface area contributed by atoms with Crippen molar-refractivity contribution in [1.29, 1.82) is 5.26 Å². The van der Waals surface area contributed by atoms with Crippen molar-refractivity contribution in [1.82, 2.24) is 9.97 Å². The van der Waals surface area contributed by atoms with E-state index in [-0.39, 0.29) is 19.8 Å². The molecule has 1 fully saturated rings. The first-order valence-electron chi connectivity index (χ1n) is 8.37. The summed E-state index contributed by atoms with van der Waals surface area (Å²) in [5.74, 6) is -4.72. The van der Waals surface area contributed by atoms with Gasteiger partial charge in [0.1, 0.15) is 23.7 Å². The van der Waals surface area contributed by atoms with Crippen molar-refractivity contribution in [2.45, 2.75) is 12.3 Å². The molecule has 1 aliphatic rings. The minimum absolute atomic E-state index is 0.0165. The number of hydrogen-bond acceptors (Lipinski definition) is 7. The van der Waals surface area contributed by atoms with Crippen molar-refractivity contribution in [2.24, 2.45) is 5.92 Å². The summed E-state index contributed by atoms with van der Waals surface area (Å²) in [6.07, 6.45) is 2.30. The number of hydrogen-bond donors (Lipinski definition) is 0. The minimum atomic E-state index is -3.06. The van der Waals surface area contributed by atoms with E-state index in [1.54, 1.807) is 6.07 Å². The number of anilines is 1. The predicted molar refractivity (Wildman–Crippen MR) is 92.4 cm³/mol. The fourth-order valence-electron chi connectivity index (χ4n) is 3.17. The Labute approximate surface area is 154 Å². The van der Waals surface area contributed by atoms with Crippen LogP contribution in [0.15, 0.2) is 24.5 Å². The van der Waals surface area contributed by atoms with Gasteiger partial charge < -0.3 is 14.4 Å². The zero-order valence-electron chi connectivity index (χ0n) is 14.7. The molecule has 142 valence electrons. The highest BCUT2D eigenvalue weighted by atomic mass is 19.3. The van der Waals surface area contributed by atoms with E-state index in [9.17, 15) is 18.8 Å². The number of aromatic nitrogens is 2. The van der Waals surface area contributed by atoms with Gasteiger partial charge in [-0.3, -0.25) is 14.8 Å². The molecule has 0 spiro atoms. The minimum Gasteiger partial charge on any atom is -0.463 e. The number of rotatable bonds is 5. The highest BCUT2D eigenvalue weighted by molar-refractivity contribution is 5.92. The van der Waals surface area contributed by atoms with Gasteiger partial charge in [-0.15, -0.1) is 0 Å². The lowest BCUT2D eigenvalue weighted by molar-refractivity contribution is -0.154. The molecule has 0 amide bonds. The van der Waals surface area contributed by atoms with Crippen molar-refractivity contribution >= 4 is 22.7 Å². The van der Waals surface area contributed by atoms with Crippen LogP contribution in [0.25, 0.3) is 11.0 Å². The van der Waals surface area contributed by atoms with Gasteiger partial charge in [0.25, 0.3) is 5.92 Å². The van der Waals surface area contributed by atoms with Gasteiger partial charge in [0, 0.05) is 32.5 Å². The number of alkyl halides is 2. The van der Waals surface area contributed by atoms with Crippen LogP contribution in [-0.2, 0) is 14.3 Å². The lowest BCUT2D eigenvalue weighted by Gasteiger charge is -2.38. The van der Waals surface area contributed by atoms with Crippen LogP contribution in [0.1, 0.15) is 12.0 Å². The smallest absolute Gasteiger partial charge is 0.311 e. The fourth-order valence-corrected chi connectivity index (χ4v) is 3.17. The zero-order chi connectivity index (χ0) is 19.4. The first-order valence-corrected chi connectivity index (χ1v) is 8.37. The summed E-state index contributed by atoms with van der Waals surface area (Å²) < 4.78 is 38.5. The second-order valence-corrected chi connectivity index (χ2v) is 6.30. The standard InChI is InChI=1S/C18H18F2N4O3/c1-26-6-7-27-17(25)13-8-18(19,20)11-24(10-13)14-3-2-12(9-21)15-16(14)23-5-4-22-15/h2-5,13H,6-8,10-11H2,1H3. The van der Waals surface area contributed by atoms with Crippen molar-refractivity contribution < 1.29 is 23.0 Å². The summed E-state index contributed by atoms with van der Waals surface area (Å²) in [6, 6.07) is 5.10. The van der Waals surface area contributed by atoms with E-state index in [2.05, 4.69) is 9.97 Å². The van der Waals surface area contributed by atoms with Gasteiger partial charge in [-0.1, -0.05) is 0 Å². The van der Waals surface area contributed by atoms with Crippen molar-refractivity contribution in [3.63, 3.8) is 0 Å². The lowest BCUT2D eigenvalue weighted by atomic mass is 9.94. The molecule has 2 heterocycles. The second kappa shape index (κ2) is 7.80. The number of carbonyl (C=O) groups excluding carboxylic acids is 1. The maximum Gasteiger partial charge on any atom is 0.311 e. The second-order valence-electron chi connectivity index (χ2n) is 6.30. The highest BCUT2D eigenvalue weighted by Gasteiger charge is 2.44. The molecule has 1 aromatic heterocycles. The van der Waals surface area contributed by atoms with E-state index in [0.717, 1.165) is 0 Å². The number of carbonyl (C=O) groups is 1. The van der Waals surface area contributed by atoms with Crippen molar-refractivity contribution in [3.05, 3.63) is 30.1 Å². The Kier molecular flexibility index (Phi) is 5.46. The van der Waals surface area contributed by atoms with Crippen LogP contribution in [0.3, 0.4) is 0 Å². The molecule has 2 aromatic rings. The third kappa shape index (κ3) is 4.11. The molecule has 0 aliphatic carbocycles. The Balaban J connectivity index is 1.91. The predicted octanol–water partition coefficient (Wildman–Crippen LogP) is 2.15. The van der Waals surface area contributed by atoms with Crippen molar-refractivity contribution in [2.75, 3.05) is 38.3 Å². The average Bonchev–Trinajstić information content (AvgIpc) is 2.66. The Hall–Kier alpha value is -2.86. The van der Waals surface area contributed by atoms with Gasteiger partial charge in [-0.05, 0) is 12.1 Å². The Morgan fingerprint density at radius 2 is 2.07 bits per heavy atom. The molecule has 1 saturated heterocycles. The van der Waals surface area contributed by atoms with Crippen LogP contribution in [0.2, 0.25) is 0 Å². The molecule has 1 atom stereocenters. The molecule has 27 heavy (non-hydrogen) atoms. The lowest BCUT2D eigenvalue weighted by Crippen LogP contribution is -2.49. The van der Waals surface area contributed by atoms with Crippen LogP contribution in [0.4, 0.5) is 14.5 Å². The zero-order valence-corrected chi connectivity index (χ0v) is 14.7. The Morgan fingerprint density at radius 1 is 1.33 bits per heavy atom. The maximum atomic E-state index is 14.3. The fraction of sp³-hybridized carbons (Fsp3) is 0.444. The first kappa shape index (κ1) is 18.9. The number of ether oxygens (including phenoxy) is 2. The number of piperidine rings is 1. The molecule has 0 saturated carbocycles. The van der Waals surface area contributed by atoms with Gasteiger partial charge in [0.15, 0.2) is 0 Å². The normalized spacial score (nSPS) is 18.9. The maximum absolute atomic E-state index is 14.3. The molecule has 9 heteroatoms.